The monoisotopic (exact) mass is 174 g/mol. The Bertz CT molecular complexity index is 109. The quantitative estimate of drug-likeness (QED) is 0.536. The molecular formula is C8H18N2O2. The predicted molar refractivity (Wildman–Crippen MR) is 48.3 cm³/mol. The van der Waals surface area contributed by atoms with Crippen molar-refractivity contribution in [2.75, 3.05) is 40.8 Å². The van der Waals surface area contributed by atoms with Crippen LogP contribution in [0.25, 0.3) is 0 Å². The van der Waals surface area contributed by atoms with Gasteiger partial charge in [0.15, 0.2) is 0 Å². The van der Waals surface area contributed by atoms with Crippen LogP contribution >= 0.6 is 0 Å². The fraction of sp³-hybridized carbons (Fsp3) is 0.875. The molecule has 0 aliphatic carbocycles. The van der Waals surface area contributed by atoms with E-state index < -0.39 is 0 Å². The Balaban J connectivity index is 0.000000261. The fourth-order valence-corrected chi connectivity index (χ4v) is 0.673. The zero-order valence-corrected chi connectivity index (χ0v) is 8.04. The van der Waals surface area contributed by atoms with E-state index in [1.165, 1.54) is 0 Å². The molecule has 1 unspecified atom stereocenters. The van der Waals surface area contributed by atoms with Crippen LogP contribution in [0.4, 0.5) is 0 Å². The lowest BCUT2D eigenvalue weighted by molar-refractivity contribution is -0.119. The van der Waals surface area contributed by atoms with Crippen LogP contribution in [-0.2, 0) is 9.53 Å². The summed E-state index contributed by atoms with van der Waals surface area (Å²) in [5, 5.41) is 3.03. The molecule has 1 heterocycles. The molecule has 0 aromatic rings. The second-order valence-electron chi connectivity index (χ2n) is 3.09. The third-order valence-electron chi connectivity index (χ3n) is 1.11. The maximum atomic E-state index is 9.99. The Kier molecular flexibility index (Phi) is 6.94. The first kappa shape index (κ1) is 11.6. The molecular weight excluding hydrogens is 156 g/mol. The van der Waals surface area contributed by atoms with Gasteiger partial charge in [-0.2, -0.15) is 0 Å². The summed E-state index contributed by atoms with van der Waals surface area (Å²) in [7, 11) is 6.00. The zero-order chi connectivity index (χ0) is 9.40. The van der Waals surface area contributed by atoms with Crippen molar-refractivity contribution >= 4 is 6.29 Å². The second-order valence-corrected chi connectivity index (χ2v) is 3.09. The summed E-state index contributed by atoms with van der Waals surface area (Å²) in [6, 6.07) is 0. The number of nitrogens with one attached hydrogen (secondary N) is 1. The Labute approximate surface area is 73.9 Å². The molecule has 0 aromatic heterocycles. The van der Waals surface area contributed by atoms with Crippen molar-refractivity contribution in [2.45, 2.75) is 6.10 Å². The lowest BCUT2D eigenvalue weighted by atomic mass is 10.3. The van der Waals surface area contributed by atoms with Gasteiger partial charge in [0.25, 0.3) is 0 Å². The van der Waals surface area contributed by atoms with Crippen LogP contribution in [0.2, 0.25) is 0 Å². The first-order valence-corrected chi connectivity index (χ1v) is 4.05. The van der Waals surface area contributed by atoms with Crippen molar-refractivity contribution < 1.29 is 9.53 Å². The van der Waals surface area contributed by atoms with Crippen molar-refractivity contribution in [1.29, 1.82) is 0 Å². The molecule has 12 heavy (non-hydrogen) atoms. The molecule has 4 nitrogen and oxygen atoms in total. The van der Waals surface area contributed by atoms with Gasteiger partial charge < -0.3 is 19.7 Å². The average Bonchev–Trinajstić information content (AvgIpc) is 2.05. The molecule has 1 atom stereocenters. The van der Waals surface area contributed by atoms with Gasteiger partial charge in [-0.3, -0.25) is 0 Å². The van der Waals surface area contributed by atoms with Crippen molar-refractivity contribution in [1.82, 2.24) is 10.2 Å². The van der Waals surface area contributed by atoms with Crippen LogP contribution in [0, 0.1) is 0 Å². The summed E-state index contributed by atoms with van der Waals surface area (Å²) < 4.78 is 5.00. The molecule has 1 rings (SSSR count). The highest BCUT2D eigenvalue weighted by Crippen LogP contribution is 1.89. The largest absolute Gasteiger partial charge is 0.368 e. The van der Waals surface area contributed by atoms with Crippen molar-refractivity contribution in [3.63, 3.8) is 0 Å². The van der Waals surface area contributed by atoms with Crippen LogP contribution in [0.15, 0.2) is 0 Å². The van der Waals surface area contributed by atoms with E-state index in [2.05, 4.69) is 5.32 Å². The molecule has 1 aliphatic rings. The third kappa shape index (κ3) is 7.65. The van der Waals surface area contributed by atoms with Gasteiger partial charge in [0.1, 0.15) is 12.4 Å². The minimum atomic E-state index is -0.205. The third-order valence-corrected chi connectivity index (χ3v) is 1.11. The Morgan fingerprint density at radius 1 is 1.50 bits per heavy atom. The standard InChI is InChI=1S/C5H9NO2.C3H9N/c7-4-5-3-6-1-2-8-5;1-4(2)3/h4-6H,1-3H2;1-3H3. The van der Waals surface area contributed by atoms with Gasteiger partial charge in [0, 0.05) is 13.1 Å². The Morgan fingerprint density at radius 3 is 2.33 bits per heavy atom. The first-order chi connectivity index (χ1) is 5.66. The van der Waals surface area contributed by atoms with Gasteiger partial charge in [0.2, 0.25) is 0 Å². The summed E-state index contributed by atoms with van der Waals surface area (Å²) in [4.78, 5) is 12.0. The number of ether oxygens (including phenoxy) is 1. The van der Waals surface area contributed by atoms with Gasteiger partial charge in [-0.1, -0.05) is 0 Å². The summed E-state index contributed by atoms with van der Waals surface area (Å²) >= 11 is 0. The summed E-state index contributed by atoms with van der Waals surface area (Å²) in [5.41, 5.74) is 0. The smallest absolute Gasteiger partial charge is 0.150 e. The maximum absolute atomic E-state index is 9.99. The van der Waals surface area contributed by atoms with E-state index >= 15 is 0 Å². The first-order valence-electron chi connectivity index (χ1n) is 4.05. The van der Waals surface area contributed by atoms with Crippen molar-refractivity contribution in [3.05, 3.63) is 0 Å². The molecule has 1 fully saturated rings. The van der Waals surface area contributed by atoms with E-state index in [1.807, 2.05) is 26.0 Å². The molecule has 1 saturated heterocycles. The molecule has 0 spiro atoms. The van der Waals surface area contributed by atoms with E-state index in [4.69, 9.17) is 4.74 Å². The summed E-state index contributed by atoms with van der Waals surface area (Å²) in [6.07, 6.45) is 0.621. The van der Waals surface area contributed by atoms with E-state index in [9.17, 15) is 4.79 Å². The zero-order valence-electron chi connectivity index (χ0n) is 8.04. The van der Waals surface area contributed by atoms with Crippen molar-refractivity contribution in [3.8, 4) is 0 Å². The molecule has 1 N–H and O–H groups in total. The number of carbonyl (C=O) groups is 1. The minimum absolute atomic E-state index is 0.205. The van der Waals surface area contributed by atoms with Gasteiger partial charge in [-0.15, -0.1) is 0 Å². The Morgan fingerprint density at radius 2 is 2.08 bits per heavy atom. The number of hydrogen-bond donors (Lipinski definition) is 1. The average molecular weight is 174 g/mol. The normalized spacial score (nSPS) is 22.8. The van der Waals surface area contributed by atoms with E-state index in [0.29, 0.717) is 13.2 Å². The summed E-state index contributed by atoms with van der Waals surface area (Å²) in [6.45, 7) is 2.19. The topological polar surface area (TPSA) is 41.6 Å². The number of aldehydes is 1. The number of carbonyl (C=O) groups excluding carboxylic acids is 1. The van der Waals surface area contributed by atoms with E-state index in [0.717, 1.165) is 12.8 Å². The van der Waals surface area contributed by atoms with Crippen LogP contribution in [0.5, 0.6) is 0 Å². The fourth-order valence-electron chi connectivity index (χ4n) is 0.673. The number of rotatable bonds is 1. The molecule has 4 heteroatoms. The second kappa shape index (κ2) is 7.21. The van der Waals surface area contributed by atoms with E-state index in [-0.39, 0.29) is 6.10 Å². The van der Waals surface area contributed by atoms with Crippen LogP contribution in [-0.4, -0.2) is 58.1 Å². The van der Waals surface area contributed by atoms with E-state index in [1.54, 1.807) is 0 Å². The minimum Gasteiger partial charge on any atom is -0.368 e. The predicted octanol–water partition coefficient (Wildman–Crippen LogP) is -0.648. The van der Waals surface area contributed by atoms with Crippen LogP contribution in [0.1, 0.15) is 0 Å². The highest BCUT2D eigenvalue weighted by molar-refractivity contribution is 5.56. The number of nitrogens with zero attached hydrogens (tertiary/aromatic N) is 1. The van der Waals surface area contributed by atoms with Crippen LogP contribution < -0.4 is 5.32 Å². The number of morpholine rings is 1. The van der Waals surface area contributed by atoms with Crippen LogP contribution in [0.3, 0.4) is 0 Å². The Hall–Kier alpha value is -0.450. The molecule has 0 amide bonds. The van der Waals surface area contributed by atoms with Gasteiger partial charge in [0.05, 0.1) is 6.61 Å². The lowest BCUT2D eigenvalue weighted by Gasteiger charge is -2.17. The molecule has 0 bridgehead atoms. The highest BCUT2D eigenvalue weighted by atomic mass is 16.5. The summed E-state index contributed by atoms with van der Waals surface area (Å²) in [5.74, 6) is 0. The van der Waals surface area contributed by atoms with Gasteiger partial charge in [-0.25, -0.2) is 0 Å². The van der Waals surface area contributed by atoms with Crippen molar-refractivity contribution in [2.24, 2.45) is 0 Å². The van der Waals surface area contributed by atoms with Gasteiger partial charge >= 0.3 is 0 Å². The maximum Gasteiger partial charge on any atom is 0.150 e. The highest BCUT2D eigenvalue weighted by Gasteiger charge is 2.09. The van der Waals surface area contributed by atoms with Gasteiger partial charge in [-0.05, 0) is 21.1 Å². The molecule has 0 radical (unpaired) electrons. The molecule has 0 saturated carbocycles. The lowest BCUT2D eigenvalue weighted by Crippen LogP contribution is -2.39. The number of hydrogen-bond acceptors (Lipinski definition) is 4. The SMILES string of the molecule is CN(C)C.O=CC1CNCCO1. The molecule has 0 aromatic carbocycles. The molecule has 1 aliphatic heterocycles. The molecule has 72 valence electrons.